The fourth-order valence-electron chi connectivity index (χ4n) is 2.08. The van der Waals surface area contributed by atoms with Gasteiger partial charge in [-0.3, -0.25) is 0 Å². The molecular formula is C17H29N3O. The average molecular weight is 291 g/mol. The van der Waals surface area contributed by atoms with E-state index in [0.29, 0.717) is 6.54 Å². The Hall–Kier alpha value is -1.55. The molecule has 4 heteroatoms. The molecule has 0 saturated heterocycles. The van der Waals surface area contributed by atoms with Crippen molar-refractivity contribution in [3.8, 4) is 0 Å². The summed E-state index contributed by atoms with van der Waals surface area (Å²) in [5.74, 6) is 0. The van der Waals surface area contributed by atoms with Gasteiger partial charge in [0, 0.05) is 19.6 Å². The van der Waals surface area contributed by atoms with Gasteiger partial charge in [0.05, 0.1) is 0 Å². The summed E-state index contributed by atoms with van der Waals surface area (Å²) in [5, 5.41) is 9.07. The Morgan fingerprint density at radius 3 is 2.43 bits per heavy atom. The molecule has 118 valence electrons. The molecule has 0 atom stereocenters. The molecule has 0 aliphatic rings. The molecule has 0 radical (unpaired) electrons. The molecule has 0 unspecified atom stereocenters. The Labute approximate surface area is 128 Å². The second kappa shape index (κ2) is 12.2. The maximum atomic E-state index is 11.5. The van der Waals surface area contributed by atoms with Crippen LogP contribution < -0.4 is 16.0 Å². The van der Waals surface area contributed by atoms with Crippen molar-refractivity contribution in [1.82, 2.24) is 16.0 Å². The number of urea groups is 1. The third-order valence-corrected chi connectivity index (χ3v) is 3.34. The molecule has 2 amide bonds. The minimum absolute atomic E-state index is 0.0589. The van der Waals surface area contributed by atoms with E-state index in [-0.39, 0.29) is 6.03 Å². The number of unbranched alkanes of at least 4 members (excludes halogenated alkanes) is 3. The van der Waals surface area contributed by atoms with E-state index in [1.165, 1.54) is 24.8 Å². The SMILES string of the molecule is CCCCCCNC(=O)NCCNCCc1ccccc1. The van der Waals surface area contributed by atoms with Crippen LogP contribution in [0.25, 0.3) is 0 Å². The molecule has 4 nitrogen and oxygen atoms in total. The van der Waals surface area contributed by atoms with Gasteiger partial charge < -0.3 is 16.0 Å². The largest absolute Gasteiger partial charge is 0.338 e. The summed E-state index contributed by atoms with van der Waals surface area (Å²) in [5.41, 5.74) is 1.34. The van der Waals surface area contributed by atoms with Crippen LogP contribution >= 0.6 is 0 Å². The zero-order chi connectivity index (χ0) is 15.2. The van der Waals surface area contributed by atoms with Gasteiger partial charge in [-0.15, -0.1) is 0 Å². The van der Waals surface area contributed by atoms with Crippen molar-refractivity contribution in [2.75, 3.05) is 26.2 Å². The van der Waals surface area contributed by atoms with Crippen molar-refractivity contribution in [2.24, 2.45) is 0 Å². The minimum atomic E-state index is -0.0589. The van der Waals surface area contributed by atoms with Crippen molar-refractivity contribution in [3.05, 3.63) is 35.9 Å². The molecule has 0 heterocycles. The Morgan fingerprint density at radius 2 is 1.67 bits per heavy atom. The third kappa shape index (κ3) is 9.91. The minimum Gasteiger partial charge on any atom is -0.338 e. The predicted molar refractivity (Wildman–Crippen MR) is 88.6 cm³/mol. The third-order valence-electron chi connectivity index (χ3n) is 3.34. The molecular weight excluding hydrogens is 262 g/mol. The first-order valence-corrected chi connectivity index (χ1v) is 8.09. The Morgan fingerprint density at radius 1 is 0.905 bits per heavy atom. The van der Waals surface area contributed by atoms with Gasteiger partial charge in [-0.25, -0.2) is 4.79 Å². The summed E-state index contributed by atoms with van der Waals surface area (Å²) in [4.78, 5) is 11.5. The fraction of sp³-hybridized carbons (Fsp3) is 0.588. The monoisotopic (exact) mass is 291 g/mol. The van der Waals surface area contributed by atoms with Crippen molar-refractivity contribution in [1.29, 1.82) is 0 Å². The van der Waals surface area contributed by atoms with Crippen molar-refractivity contribution in [2.45, 2.75) is 39.0 Å². The topological polar surface area (TPSA) is 53.2 Å². The molecule has 21 heavy (non-hydrogen) atoms. The maximum absolute atomic E-state index is 11.5. The summed E-state index contributed by atoms with van der Waals surface area (Å²) >= 11 is 0. The highest BCUT2D eigenvalue weighted by molar-refractivity contribution is 5.73. The Kier molecular flexibility index (Phi) is 10.2. The van der Waals surface area contributed by atoms with E-state index in [9.17, 15) is 4.79 Å². The number of hydrogen-bond acceptors (Lipinski definition) is 2. The number of nitrogens with one attached hydrogen (secondary N) is 3. The molecule has 1 aromatic rings. The van der Waals surface area contributed by atoms with E-state index < -0.39 is 0 Å². The molecule has 0 aromatic heterocycles. The van der Waals surface area contributed by atoms with Crippen LogP contribution in [0.3, 0.4) is 0 Å². The van der Waals surface area contributed by atoms with Crippen LogP contribution in [0.5, 0.6) is 0 Å². The first kappa shape index (κ1) is 17.5. The number of amides is 2. The second-order valence-electron chi connectivity index (χ2n) is 5.23. The number of hydrogen-bond donors (Lipinski definition) is 3. The number of carbonyl (C=O) groups is 1. The zero-order valence-corrected chi connectivity index (χ0v) is 13.2. The van der Waals surface area contributed by atoms with E-state index in [1.54, 1.807) is 0 Å². The van der Waals surface area contributed by atoms with Crippen LogP contribution in [-0.2, 0) is 6.42 Å². The summed E-state index contributed by atoms with van der Waals surface area (Å²) < 4.78 is 0. The van der Waals surface area contributed by atoms with Crippen LogP contribution in [0.15, 0.2) is 30.3 Å². The summed E-state index contributed by atoms with van der Waals surface area (Å²) in [6, 6.07) is 10.3. The van der Waals surface area contributed by atoms with Crippen LogP contribution in [0.2, 0.25) is 0 Å². The van der Waals surface area contributed by atoms with Crippen molar-refractivity contribution < 1.29 is 4.79 Å². The predicted octanol–water partition coefficient (Wildman–Crippen LogP) is 2.70. The van der Waals surface area contributed by atoms with E-state index >= 15 is 0 Å². The van der Waals surface area contributed by atoms with E-state index in [4.69, 9.17) is 0 Å². The highest BCUT2D eigenvalue weighted by atomic mass is 16.2. The maximum Gasteiger partial charge on any atom is 0.314 e. The van der Waals surface area contributed by atoms with Gasteiger partial charge in [-0.2, -0.15) is 0 Å². The molecule has 0 aliphatic carbocycles. The van der Waals surface area contributed by atoms with Gasteiger partial charge in [0.2, 0.25) is 0 Å². The molecule has 1 rings (SSSR count). The van der Waals surface area contributed by atoms with Gasteiger partial charge in [-0.1, -0.05) is 56.5 Å². The lowest BCUT2D eigenvalue weighted by molar-refractivity contribution is 0.240. The number of rotatable bonds is 11. The number of benzene rings is 1. The normalized spacial score (nSPS) is 10.3. The number of carbonyl (C=O) groups excluding carboxylic acids is 1. The second-order valence-corrected chi connectivity index (χ2v) is 5.23. The molecule has 3 N–H and O–H groups in total. The van der Waals surface area contributed by atoms with Crippen LogP contribution in [0.1, 0.15) is 38.2 Å². The van der Waals surface area contributed by atoms with E-state index in [2.05, 4.69) is 47.1 Å². The van der Waals surface area contributed by atoms with Gasteiger partial charge >= 0.3 is 6.03 Å². The summed E-state index contributed by atoms with van der Waals surface area (Å²) in [6.45, 7) is 5.36. The zero-order valence-electron chi connectivity index (χ0n) is 13.2. The average Bonchev–Trinajstić information content (AvgIpc) is 2.51. The Bertz CT molecular complexity index is 368. The van der Waals surface area contributed by atoms with E-state index in [1.807, 2.05) is 6.07 Å². The molecule has 0 saturated carbocycles. The van der Waals surface area contributed by atoms with Gasteiger partial charge in [0.15, 0.2) is 0 Å². The van der Waals surface area contributed by atoms with Crippen LogP contribution in [0, 0.1) is 0 Å². The first-order chi connectivity index (χ1) is 10.3. The van der Waals surface area contributed by atoms with E-state index in [0.717, 1.165) is 32.5 Å². The molecule has 0 spiro atoms. The quantitative estimate of drug-likeness (QED) is 0.549. The summed E-state index contributed by atoms with van der Waals surface area (Å²) in [7, 11) is 0. The van der Waals surface area contributed by atoms with Crippen molar-refractivity contribution >= 4 is 6.03 Å². The molecule has 1 aromatic carbocycles. The Balaban J connectivity index is 1.88. The molecule has 0 aliphatic heterocycles. The van der Waals surface area contributed by atoms with Gasteiger partial charge in [0.25, 0.3) is 0 Å². The molecule has 0 fully saturated rings. The lowest BCUT2D eigenvalue weighted by atomic mass is 10.1. The smallest absolute Gasteiger partial charge is 0.314 e. The first-order valence-electron chi connectivity index (χ1n) is 8.09. The van der Waals surface area contributed by atoms with Crippen molar-refractivity contribution in [3.63, 3.8) is 0 Å². The lowest BCUT2D eigenvalue weighted by Gasteiger charge is -2.08. The van der Waals surface area contributed by atoms with Gasteiger partial charge in [-0.05, 0) is 24.9 Å². The lowest BCUT2D eigenvalue weighted by Crippen LogP contribution is -2.39. The standard InChI is InChI=1S/C17H29N3O/c1-2-3-4-8-12-19-17(21)20-15-14-18-13-11-16-9-6-5-7-10-16/h5-7,9-10,18H,2-4,8,11-15H2,1H3,(H2,19,20,21). The fourth-order valence-corrected chi connectivity index (χ4v) is 2.08. The van der Waals surface area contributed by atoms with Gasteiger partial charge in [0.1, 0.15) is 0 Å². The highest BCUT2D eigenvalue weighted by Gasteiger charge is 1.98. The van der Waals surface area contributed by atoms with Crippen LogP contribution in [0.4, 0.5) is 4.79 Å². The highest BCUT2D eigenvalue weighted by Crippen LogP contribution is 1.98. The summed E-state index contributed by atoms with van der Waals surface area (Å²) in [6.07, 6.45) is 5.74. The molecule has 0 bridgehead atoms. The van der Waals surface area contributed by atoms with Crippen LogP contribution in [-0.4, -0.2) is 32.2 Å².